The van der Waals surface area contributed by atoms with Gasteiger partial charge in [-0.15, -0.1) is 0 Å². The molecule has 2 aromatic rings. The summed E-state index contributed by atoms with van der Waals surface area (Å²) in [6.07, 6.45) is 1.62. The van der Waals surface area contributed by atoms with Crippen LogP contribution < -0.4 is 4.74 Å². The van der Waals surface area contributed by atoms with Crippen LogP contribution in [0, 0.1) is 0 Å². The van der Waals surface area contributed by atoms with Crippen LogP contribution in [0.15, 0.2) is 53.4 Å². The van der Waals surface area contributed by atoms with Crippen molar-refractivity contribution in [1.29, 1.82) is 0 Å². The van der Waals surface area contributed by atoms with Crippen LogP contribution in [-0.4, -0.2) is 43.8 Å². The molecule has 7 nitrogen and oxygen atoms in total. The van der Waals surface area contributed by atoms with Crippen molar-refractivity contribution in [3.8, 4) is 5.75 Å². The number of aliphatic carboxylic acids is 1. The predicted octanol–water partition coefficient (Wildman–Crippen LogP) is 3.25. The van der Waals surface area contributed by atoms with Gasteiger partial charge in [0.15, 0.2) is 0 Å². The van der Waals surface area contributed by atoms with Crippen molar-refractivity contribution in [3.63, 3.8) is 0 Å². The fourth-order valence-corrected chi connectivity index (χ4v) is 3.79. The molecule has 2 N–H and O–H groups in total. The summed E-state index contributed by atoms with van der Waals surface area (Å²) in [6, 6.07) is 13.4. The van der Waals surface area contributed by atoms with Crippen LogP contribution in [0.2, 0.25) is 0 Å². The number of carboxylic acids is 2. The highest BCUT2D eigenvalue weighted by Crippen LogP contribution is 2.34. The predicted molar refractivity (Wildman–Crippen MR) is 112 cm³/mol. The number of rotatable bonds is 7. The van der Waals surface area contributed by atoms with Gasteiger partial charge in [-0.3, -0.25) is 14.5 Å². The van der Waals surface area contributed by atoms with E-state index >= 15 is 0 Å². The third-order valence-electron chi connectivity index (χ3n) is 3.97. The summed E-state index contributed by atoms with van der Waals surface area (Å²) in [5.41, 5.74) is 1.63. The molecule has 29 heavy (non-hydrogen) atoms. The molecule has 0 radical (unpaired) electrons. The van der Waals surface area contributed by atoms with E-state index < -0.39 is 24.4 Å². The van der Waals surface area contributed by atoms with Crippen molar-refractivity contribution in [1.82, 2.24) is 4.90 Å². The molecule has 0 aromatic heterocycles. The number of aromatic carboxylic acids is 1. The van der Waals surface area contributed by atoms with E-state index in [1.807, 2.05) is 0 Å². The van der Waals surface area contributed by atoms with E-state index in [0.717, 1.165) is 22.2 Å². The van der Waals surface area contributed by atoms with Gasteiger partial charge in [0.1, 0.15) is 23.2 Å². The first kappa shape index (κ1) is 20.6. The van der Waals surface area contributed by atoms with Crippen molar-refractivity contribution >= 4 is 52.2 Å². The summed E-state index contributed by atoms with van der Waals surface area (Å²) >= 11 is 6.14. The molecule has 1 saturated heterocycles. The Balaban J connectivity index is 1.76. The smallest absolute Gasteiger partial charge is 0.335 e. The molecule has 1 heterocycles. The SMILES string of the molecule is O=C(O)CN1C(=O)/C(=C\c2ccccc2OCc2ccc(C(=O)O)cc2)SC1=S. The van der Waals surface area contributed by atoms with Gasteiger partial charge in [-0.2, -0.15) is 0 Å². The minimum Gasteiger partial charge on any atom is -0.488 e. The molecule has 3 rings (SSSR count). The number of carbonyl (C=O) groups is 3. The summed E-state index contributed by atoms with van der Waals surface area (Å²) in [5.74, 6) is -2.07. The third kappa shape index (κ3) is 5.01. The average Bonchev–Trinajstić information content (AvgIpc) is 2.94. The normalized spacial score (nSPS) is 15.0. The van der Waals surface area contributed by atoms with Gasteiger partial charge in [-0.25, -0.2) is 4.79 Å². The lowest BCUT2D eigenvalue weighted by molar-refractivity contribution is -0.140. The summed E-state index contributed by atoms with van der Waals surface area (Å²) in [7, 11) is 0. The Hall–Kier alpha value is -3.17. The number of ether oxygens (including phenoxy) is 1. The van der Waals surface area contributed by atoms with Gasteiger partial charge in [0.25, 0.3) is 5.91 Å². The molecule has 1 aliphatic rings. The van der Waals surface area contributed by atoms with E-state index in [4.69, 9.17) is 27.2 Å². The van der Waals surface area contributed by atoms with Gasteiger partial charge >= 0.3 is 11.9 Å². The van der Waals surface area contributed by atoms with Gasteiger partial charge in [0, 0.05) is 5.56 Å². The van der Waals surface area contributed by atoms with Gasteiger partial charge in [-0.05, 0) is 29.8 Å². The number of carbonyl (C=O) groups excluding carboxylic acids is 1. The number of benzene rings is 2. The van der Waals surface area contributed by atoms with Crippen molar-refractivity contribution in [2.75, 3.05) is 6.54 Å². The van der Waals surface area contributed by atoms with Gasteiger partial charge in [-0.1, -0.05) is 54.3 Å². The van der Waals surface area contributed by atoms with Crippen molar-refractivity contribution in [2.45, 2.75) is 6.61 Å². The number of amides is 1. The quantitative estimate of drug-likeness (QED) is 0.511. The average molecular weight is 429 g/mol. The number of nitrogens with zero attached hydrogens (tertiary/aromatic N) is 1. The molecule has 0 atom stereocenters. The van der Waals surface area contributed by atoms with E-state index in [-0.39, 0.29) is 16.5 Å². The Morgan fingerprint density at radius 3 is 2.45 bits per heavy atom. The first-order valence-corrected chi connectivity index (χ1v) is 9.59. The second kappa shape index (κ2) is 8.89. The molecule has 0 unspecified atom stereocenters. The Morgan fingerprint density at radius 1 is 1.10 bits per heavy atom. The van der Waals surface area contributed by atoms with Crippen LogP contribution in [0.3, 0.4) is 0 Å². The second-order valence-electron chi connectivity index (χ2n) is 5.99. The summed E-state index contributed by atoms with van der Waals surface area (Å²) < 4.78 is 6.03. The topological polar surface area (TPSA) is 104 Å². The number of thioether (sulfide) groups is 1. The maximum Gasteiger partial charge on any atom is 0.335 e. The third-order valence-corrected chi connectivity index (χ3v) is 5.35. The largest absolute Gasteiger partial charge is 0.488 e. The number of hydrogen-bond donors (Lipinski definition) is 2. The monoisotopic (exact) mass is 429 g/mol. The zero-order chi connectivity index (χ0) is 21.0. The summed E-state index contributed by atoms with van der Waals surface area (Å²) in [5, 5.41) is 17.9. The maximum atomic E-state index is 12.4. The Kier molecular flexibility index (Phi) is 6.30. The van der Waals surface area contributed by atoms with E-state index in [1.165, 1.54) is 12.1 Å². The van der Waals surface area contributed by atoms with Crippen molar-refractivity contribution in [2.24, 2.45) is 0 Å². The number of thiocarbonyl (C=S) groups is 1. The maximum absolute atomic E-state index is 12.4. The molecule has 9 heteroatoms. The molecule has 0 spiro atoms. The summed E-state index contributed by atoms with van der Waals surface area (Å²) in [6.45, 7) is -0.267. The second-order valence-corrected chi connectivity index (χ2v) is 7.67. The summed E-state index contributed by atoms with van der Waals surface area (Å²) in [4.78, 5) is 35.6. The van der Waals surface area contributed by atoms with Crippen LogP contribution in [-0.2, 0) is 16.2 Å². The van der Waals surface area contributed by atoms with Crippen molar-refractivity contribution in [3.05, 3.63) is 70.1 Å². The Bertz CT molecular complexity index is 1020. The lowest BCUT2D eigenvalue weighted by Gasteiger charge is -2.11. The molecule has 2 aromatic carbocycles. The lowest BCUT2D eigenvalue weighted by Crippen LogP contribution is -2.33. The van der Waals surface area contributed by atoms with E-state index in [1.54, 1.807) is 42.5 Å². The standard InChI is InChI=1S/C20H15NO6S2/c22-17(23)10-21-18(24)16(29-20(21)28)9-14-3-1-2-4-15(14)27-11-12-5-7-13(8-6-12)19(25)26/h1-9H,10-11H2,(H,22,23)(H,25,26)/b16-9+. The molecular formula is C20H15NO6S2. The van der Waals surface area contributed by atoms with Gasteiger partial charge < -0.3 is 14.9 Å². The number of carboxylic acid groups (broad SMARTS) is 2. The van der Waals surface area contributed by atoms with Crippen LogP contribution in [0.25, 0.3) is 6.08 Å². The van der Waals surface area contributed by atoms with E-state index in [0.29, 0.717) is 16.2 Å². The molecule has 0 aliphatic carbocycles. The Labute approximate surface area is 175 Å². The highest BCUT2D eigenvalue weighted by atomic mass is 32.2. The lowest BCUT2D eigenvalue weighted by atomic mass is 10.1. The molecule has 1 amide bonds. The molecule has 148 valence electrons. The van der Waals surface area contributed by atoms with E-state index in [9.17, 15) is 14.4 Å². The first-order chi connectivity index (χ1) is 13.8. The zero-order valence-electron chi connectivity index (χ0n) is 14.9. The minimum absolute atomic E-state index is 0.192. The van der Waals surface area contributed by atoms with Gasteiger partial charge in [0.2, 0.25) is 0 Å². The highest BCUT2D eigenvalue weighted by molar-refractivity contribution is 8.26. The molecule has 1 fully saturated rings. The fourth-order valence-electron chi connectivity index (χ4n) is 2.55. The minimum atomic E-state index is -1.14. The van der Waals surface area contributed by atoms with Crippen LogP contribution in [0.5, 0.6) is 5.75 Å². The van der Waals surface area contributed by atoms with Crippen LogP contribution in [0.4, 0.5) is 0 Å². The molecular weight excluding hydrogens is 414 g/mol. The highest BCUT2D eigenvalue weighted by Gasteiger charge is 2.33. The molecule has 0 saturated carbocycles. The number of para-hydroxylation sites is 1. The van der Waals surface area contributed by atoms with Crippen LogP contribution in [0.1, 0.15) is 21.5 Å². The van der Waals surface area contributed by atoms with Crippen LogP contribution >= 0.6 is 24.0 Å². The molecule has 1 aliphatic heterocycles. The van der Waals surface area contributed by atoms with Gasteiger partial charge in [0.05, 0.1) is 10.5 Å². The number of hydrogen-bond acceptors (Lipinski definition) is 6. The zero-order valence-corrected chi connectivity index (χ0v) is 16.5. The Morgan fingerprint density at radius 2 is 1.79 bits per heavy atom. The fraction of sp³-hybridized carbons (Fsp3) is 0.100. The van der Waals surface area contributed by atoms with E-state index in [2.05, 4.69) is 0 Å². The molecule has 0 bridgehead atoms. The van der Waals surface area contributed by atoms with Crippen molar-refractivity contribution < 1.29 is 29.3 Å². The first-order valence-electron chi connectivity index (χ1n) is 8.36.